The molecule has 0 atom stereocenters. The van der Waals surface area contributed by atoms with E-state index in [1.54, 1.807) is 24.3 Å². The van der Waals surface area contributed by atoms with Gasteiger partial charge in [0.15, 0.2) is 0 Å². The van der Waals surface area contributed by atoms with Gasteiger partial charge < -0.3 is 22.1 Å². The number of amides is 2. The van der Waals surface area contributed by atoms with E-state index in [9.17, 15) is 14.4 Å². The Morgan fingerprint density at radius 1 is 0.594 bits per heavy atom. The molecule has 0 spiro atoms. The number of nitrogen functional groups attached to an aromatic ring is 2. The van der Waals surface area contributed by atoms with Crippen LogP contribution in [0.5, 0.6) is 0 Å². The molecule has 156 valence electrons. The molecule has 7 heteroatoms. The first kappa shape index (κ1) is 19.3. The molecule has 0 aliphatic carbocycles. The van der Waals surface area contributed by atoms with E-state index in [0.717, 1.165) is 38.5 Å². The Bertz CT molecular complexity index is 1410. The summed E-state index contributed by atoms with van der Waals surface area (Å²) in [5.41, 5.74) is 15.8. The van der Waals surface area contributed by atoms with E-state index in [-0.39, 0.29) is 5.91 Å². The SMILES string of the molecule is C=C1C(=O)Nc2c1ccc1c3c(ccc21)C(=O)C(=O)N3.Nc1cccc2c(N)cccc12. The van der Waals surface area contributed by atoms with Crippen molar-refractivity contribution in [3.63, 3.8) is 0 Å². The third kappa shape index (κ3) is 2.79. The molecule has 0 aromatic heterocycles. The molecule has 7 nitrogen and oxygen atoms in total. The van der Waals surface area contributed by atoms with Crippen LogP contribution >= 0.6 is 0 Å². The van der Waals surface area contributed by atoms with E-state index >= 15 is 0 Å². The minimum Gasteiger partial charge on any atom is -0.398 e. The highest BCUT2D eigenvalue weighted by atomic mass is 16.2. The number of benzene rings is 4. The van der Waals surface area contributed by atoms with Gasteiger partial charge in [0.2, 0.25) is 0 Å². The molecule has 32 heavy (non-hydrogen) atoms. The van der Waals surface area contributed by atoms with E-state index in [0.29, 0.717) is 22.5 Å². The summed E-state index contributed by atoms with van der Waals surface area (Å²) >= 11 is 0. The van der Waals surface area contributed by atoms with Crippen LogP contribution in [0, 0.1) is 0 Å². The van der Waals surface area contributed by atoms with Crippen LogP contribution in [0.1, 0.15) is 15.9 Å². The Hall–Kier alpha value is -4.65. The van der Waals surface area contributed by atoms with Crippen LogP contribution in [0.25, 0.3) is 27.1 Å². The molecular formula is C25H18N4O3. The Labute approximate surface area is 182 Å². The van der Waals surface area contributed by atoms with Crippen molar-refractivity contribution in [1.82, 2.24) is 0 Å². The molecule has 0 radical (unpaired) electrons. The first-order chi connectivity index (χ1) is 15.4. The Morgan fingerprint density at radius 2 is 1.09 bits per heavy atom. The van der Waals surface area contributed by atoms with E-state index in [1.165, 1.54) is 0 Å². The molecule has 0 fully saturated rings. The topological polar surface area (TPSA) is 127 Å². The second kappa shape index (κ2) is 6.95. The van der Waals surface area contributed by atoms with Crippen molar-refractivity contribution in [1.29, 1.82) is 0 Å². The number of rotatable bonds is 0. The maximum Gasteiger partial charge on any atom is 0.296 e. The fourth-order valence-electron chi connectivity index (χ4n) is 4.08. The summed E-state index contributed by atoms with van der Waals surface area (Å²) in [6.45, 7) is 3.74. The summed E-state index contributed by atoms with van der Waals surface area (Å²) in [7, 11) is 0. The van der Waals surface area contributed by atoms with E-state index in [4.69, 9.17) is 11.5 Å². The molecule has 4 aromatic rings. The van der Waals surface area contributed by atoms with Crippen molar-refractivity contribution in [3.05, 3.63) is 78.4 Å². The van der Waals surface area contributed by atoms with Gasteiger partial charge in [-0.25, -0.2) is 0 Å². The van der Waals surface area contributed by atoms with Crippen molar-refractivity contribution >= 4 is 67.5 Å². The smallest absolute Gasteiger partial charge is 0.296 e. The second-order valence-corrected chi connectivity index (χ2v) is 7.58. The summed E-state index contributed by atoms with van der Waals surface area (Å²) in [6, 6.07) is 18.4. The molecule has 6 N–H and O–H groups in total. The molecule has 2 aliphatic heterocycles. The van der Waals surface area contributed by atoms with Gasteiger partial charge in [-0.05, 0) is 18.2 Å². The molecule has 6 rings (SSSR count). The summed E-state index contributed by atoms with van der Waals surface area (Å²) in [6.07, 6.45) is 0. The van der Waals surface area contributed by atoms with Gasteiger partial charge in [-0.3, -0.25) is 14.4 Å². The number of hydrogen-bond acceptors (Lipinski definition) is 5. The molecule has 0 saturated heterocycles. The minimum atomic E-state index is -0.624. The number of hydrogen-bond donors (Lipinski definition) is 4. The maximum atomic E-state index is 11.7. The van der Waals surface area contributed by atoms with Gasteiger partial charge >= 0.3 is 0 Å². The lowest BCUT2D eigenvalue weighted by Crippen LogP contribution is -2.12. The van der Waals surface area contributed by atoms with Gasteiger partial charge in [0, 0.05) is 44.1 Å². The lowest BCUT2D eigenvalue weighted by molar-refractivity contribution is -0.112. The van der Waals surface area contributed by atoms with Crippen LogP contribution in [0.4, 0.5) is 22.7 Å². The molecular weight excluding hydrogens is 404 g/mol. The minimum absolute atomic E-state index is 0.229. The molecule has 0 saturated carbocycles. The van der Waals surface area contributed by atoms with Crippen LogP contribution in [-0.2, 0) is 9.59 Å². The number of Topliss-reactive ketones (excluding diaryl/α,β-unsaturated/α-hetero) is 1. The molecule has 0 bridgehead atoms. The average Bonchev–Trinajstić information content (AvgIpc) is 3.25. The first-order valence-electron chi connectivity index (χ1n) is 9.85. The summed E-state index contributed by atoms with van der Waals surface area (Å²) in [4.78, 5) is 34.8. The van der Waals surface area contributed by atoms with E-state index < -0.39 is 11.7 Å². The van der Waals surface area contributed by atoms with Gasteiger partial charge in [-0.2, -0.15) is 0 Å². The van der Waals surface area contributed by atoms with Gasteiger partial charge in [-0.15, -0.1) is 0 Å². The van der Waals surface area contributed by atoms with Crippen molar-refractivity contribution in [2.75, 3.05) is 22.1 Å². The fraction of sp³-hybridized carbons (Fsp3) is 0. The second-order valence-electron chi connectivity index (χ2n) is 7.58. The number of carbonyl (C=O) groups is 3. The van der Waals surface area contributed by atoms with Crippen LogP contribution in [0.15, 0.2) is 67.2 Å². The standard InChI is InChI=1S/C15H8N2O3.C10H10N2/c1-6-7-2-3-9-8(11(7)16-14(6)19)4-5-10-12(9)17-15(20)13(10)18;11-9-5-1-3-7-8(9)4-2-6-10(7)12/h2-5H,1H2,(H,16,19)(H,17,18,20);1-6H,11-12H2. The van der Waals surface area contributed by atoms with Crippen LogP contribution < -0.4 is 22.1 Å². The summed E-state index contributed by atoms with van der Waals surface area (Å²) < 4.78 is 0. The quantitative estimate of drug-likeness (QED) is 0.194. The predicted molar refractivity (Wildman–Crippen MR) is 127 cm³/mol. The van der Waals surface area contributed by atoms with Gasteiger partial charge in [0.1, 0.15) is 0 Å². The average molecular weight is 422 g/mol. The zero-order valence-corrected chi connectivity index (χ0v) is 16.9. The molecule has 2 amide bonds. The zero-order chi connectivity index (χ0) is 22.6. The maximum absolute atomic E-state index is 11.7. The van der Waals surface area contributed by atoms with Crippen molar-refractivity contribution < 1.29 is 14.4 Å². The monoisotopic (exact) mass is 422 g/mol. The molecule has 2 heterocycles. The zero-order valence-electron chi connectivity index (χ0n) is 16.9. The third-order valence-corrected chi connectivity index (χ3v) is 5.72. The van der Waals surface area contributed by atoms with Crippen LogP contribution in [-0.4, -0.2) is 17.6 Å². The van der Waals surface area contributed by atoms with Crippen molar-refractivity contribution in [2.24, 2.45) is 0 Å². The normalized spacial score (nSPS) is 14.0. The fourth-order valence-corrected chi connectivity index (χ4v) is 4.08. The Kier molecular flexibility index (Phi) is 4.20. The van der Waals surface area contributed by atoms with Crippen LogP contribution in [0.2, 0.25) is 0 Å². The number of nitrogens with one attached hydrogen (secondary N) is 2. The number of carbonyl (C=O) groups excluding carboxylic acids is 3. The number of nitrogens with two attached hydrogens (primary N) is 2. The van der Waals surface area contributed by atoms with Crippen molar-refractivity contribution in [3.8, 4) is 0 Å². The predicted octanol–water partition coefficient (Wildman–Crippen LogP) is 3.94. The van der Waals surface area contributed by atoms with Gasteiger partial charge in [-0.1, -0.05) is 49.0 Å². The molecule has 4 aromatic carbocycles. The lowest BCUT2D eigenvalue weighted by Gasteiger charge is -2.08. The highest BCUT2D eigenvalue weighted by Crippen LogP contribution is 2.41. The number of ketones is 1. The van der Waals surface area contributed by atoms with Gasteiger partial charge in [0.25, 0.3) is 17.6 Å². The third-order valence-electron chi connectivity index (χ3n) is 5.72. The lowest BCUT2D eigenvalue weighted by atomic mass is 9.99. The van der Waals surface area contributed by atoms with E-state index in [2.05, 4.69) is 17.2 Å². The highest BCUT2D eigenvalue weighted by Gasteiger charge is 2.31. The number of fused-ring (bicyclic) bond motifs is 6. The van der Waals surface area contributed by atoms with E-state index in [1.807, 2.05) is 36.4 Å². The first-order valence-corrected chi connectivity index (χ1v) is 9.85. The Balaban J connectivity index is 0.000000154. The van der Waals surface area contributed by atoms with Crippen molar-refractivity contribution in [2.45, 2.75) is 0 Å². The highest BCUT2D eigenvalue weighted by molar-refractivity contribution is 6.53. The Morgan fingerprint density at radius 3 is 1.69 bits per heavy atom. The van der Waals surface area contributed by atoms with Crippen LogP contribution in [0.3, 0.4) is 0 Å². The largest absolute Gasteiger partial charge is 0.398 e. The number of anilines is 4. The summed E-state index contributed by atoms with van der Waals surface area (Å²) in [5, 5.41) is 8.91. The molecule has 0 unspecified atom stereocenters. The summed E-state index contributed by atoms with van der Waals surface area (Å²) in [5.74, 6) is -1.38. The molecule has 2 aliphatic rings. The van der Waals surface area contributed by atoms with Gasteiger partial charge in [0.05, 0.1) is 16.9 Å².